The Bertz CT molecular complexity index is 537. The van der Waals surface area contributed by atoms with Crippen molar-refractivity contribution in [3.05, 3.63) is 48.8 Å². The fraction of sp³-hybridized carbons (Fsp3) is 0.250. The van der Waals surface area contributed by atoms with Gasteiger partial charge in [0.1, 0.15) is 0 Å². The quantitative estimate of drug-likeness (QED) is 0.879. The molecule has 1 amide bonds. The molecule has 0 fully saturated rings. The third-order valence-electron chi connectivity index (χ3n) is 2.89. The standard InChI is InChI=1S/C16H18N2O/c1-2-3-9-16(19)18-15-10-14(11-17-12-15)13-7-5-4-6-8-13/h4-8,10-12H,2-3,9H2,1H3,(H,18,19). The molecule has 98 valence electrons. The van der Waals surface area contributed by atoms with Crippen molar-refractivity contribution in [3.63, 3.8) is 0 Å². The molecule has 2 aromatic rings. The number of rotatable bonds is 5. The molecule has 0 saturated heterocycles. The first-order chi connectivity index (χ1) is 9.29. The van der Waals surface area contributed by atoms with Crippen molar-refractivity contribution in [1.29, 1.82) is 0 Å². The van der Waals surface area contributed by atoms with E-state index in [0.717, 1.165) is 29.7 Å². The van der Waals surface area contributed by atoms with Gasteiger partial charge in [-0.1, -0.05) is 43.7 Å². The van der Waals surface area contributed by atoms with Crippen LogP contribution in [0.3, 0.4) is 0 Å². The number of amides is 1. The molecule has 0 aliphatic rings. The molecule has 0 aliphatic heterocycles. The molecule has 0 bridgehead atoms. The van der Waals surface area contributed by atoms with Gasteiger partial charge in [-0.05, 0) is 18.1 Å². The predicted molar refractivity (Wildman–Crippen MR) is 77.8 cm³/mol. The summed E-state index contributed by atoms with van der Waals surface area (Å²) in [5, 5.41) is 2.89. The molecule has 0 unspecified atom stereocenters. The molecule has 0 radical (unpaired) electrons. The molecule has 0 spiro atoms. The van der Waals surface area contributed by atoms with Crippen molar-refractivity contribution in [2.45, 2.75) is 26.2 Å². The Morgan fingerprint density at radius 1 is 1.16 bits per heavy atom. The average molecular weight is 254 g/mol. The number of carbonyl (C=O) groups is 1. The highest BCUT2D eigenvalue weighted by Gasteiger charge is 2.03. The van der Waals surface area contributed by atoms with Gasteiger partial charge in [-0.3, -0.25) is 9.78 Å². The molecule has 1 aromatic carbocycles. The Morgan fingerprint density at radius 3 is 2.68 bits per heavy atom. The molecule has 1 N–H and O–H groups in total. The third-order valence-corrected chi connectivity index (χ3v) is 2.89. The van der Waals surface area contributed by atoms with E-state index < -0.39 is 0 Å². The van der Waals surface area contributed by atoms with E-state index in [-0.39, 0.29) is 5.91 Å². The SMILES string of the molecule is CCCCC(=O)Nc1cncc(-c2ccccc2)c1. The summed E-state index contributed by atoms with van der Waals surface area (Å²) in [5.41, 5.74) is 2.86. The summed E-state index contributed by atoms with van der Waals surface area (Å²) in [6, 6.07) is 12.0. The van der Waals surface area contributed by atoms with E-state index in [4.69, 9.17) is 0 Å². The maximum Gasteiger partial charge on any atom is 0.224 e. The Balaban J connectivity index is 2.10. The molecule has 0 aliphatic carbocycles. The number of nitrogens with one attached hydrogen (secondary N) is 1. The van der Waals surface area contributed by atoms with Crippen LogP contribution in [0.2, 0.25) is 0 Å². The second-order valence-corrected chi connectivity index (χ2v) is 4.48. The zero-order chi connectivity index (χ0) is 13.5. The van der Waals surface area contributed by atoms with Crippen LogP contribution < -0.4 is 5.32 Å². The zero-order valence-corrected chi connectivity index (χ0v) is 11.1. The summed E-state index contributed by atoms with van der Waals surface area (Å²) in [7, 11) is 0. The number of pyridine rings is 1. The normalized spacial score (nSPS) is 10.2. The average Bonchev–Trinajstić information content (AvgIpc) is 2.46. The second kappa shape index (κ2) is 6.69. The van der Waals surface area contributed by atoms with Gasteiger partial charge in [0, 0.05) is 18.2 Å². The first-order valence-electron chi connectivity index (χ1n) is 6.60. The van der Waals surface area contributed by atoms with Gasteiger partial charge in [-0.2, -0.15) is 0 Å². The van der Waals surface area contributed by atoms with E-state index in [9.17, 15) is 4.79 Å². The summed E-state index contributed by atoms with van der Waals surface area (Å²) in [4.78, 5) is 15.9. The summed E-state index contributed by atoms with van der Waals surface area (Å²) in [5.74, 6) is 0.0499. The van der Waals surface area contributed by atoms with Gasteiger partial charge < -0.3 is 5.32 Å². The van der Waals surface area contributed by atoms with E-state index in [2.05, 4.69) is 17.2 Å². The number of hydrogen-bond donors (Lipinski definition) is 1. The smallest absolute Gasteiger partial charge is 0.224 e. The lowest BCUT2D eigenvalue weighted by atomic mass is 10.1. The Labute approximate surface area is 113 Å². The third kappa shape index (κ3) is 3.91. The number of hydrogen-bond acceptors (Lipinski definition) is 2. The van der Waals surface area contributed by atoms with Crippen LogP contribution in [0.25, 0.3) is 11.1 Å². The lowest BCUT2D eigenvalue weighted by Gasteiger charge is -2.06. The predicted octanol–water partition coefficient (Wildman–Crippen LogP) is 3.88. The lowest BCUT2D eigenvalue weighted by Crippen LogP contribution is -2.11. The molecule has 0 saturated carbocycles. The first-order valence-corrected chi connectivity index (χ1v) is 6.60. The fourth-order valence-corrected chi connectivity index (χ4v) is 1.86. The summed E-state index contributed by atoms with van der Waals surface area (Å²) >= 11 is 0. The van der Waals surface area contributed by atoms with Crippen molar-refractivity contribution in [3.8, 4) is 11.1 Å². The number of carbonyl (C=O) groups excluding carboxylic acids is 1. The highest BCUT2D eigenvalue weighted by atomic mass is 16.1. The van der Waals surface area contributed by atoms with Crippen LogP contribution in [-0.4, -0.2) is 10.9 Å². The minimum atomic E-state index is 0.0499. The van der Waals surface area contributed by atoms with Crippen molar-refractivity contribution >= 4 is 11.6 Å². The molecule has 0 atom stereocenters. The topological polar surface area (TPSA) is 42.0 Å². The monoisotopic (exact) mass is 254 g/mol. The largest absolute Gasteiger partial charge is 0.325 e. The Kier molecular flexibility index (Phi) is 4.67. The minimum absolute atomic E-state index is 0.0499. The first kappa shape index (κ1) is 13.3. The molecular formula is C16H18N2O. The zero-order valence-electron chi connectivity index (χ0n) is 11.1. The van der Waals surface area contributed by atoms with E-state index in [1.165, 1.54) is 0 Å². The molecule has 3 heteroatoms. The maximum absolute atomic E-state index is 11.7. The molecule has 1 heterocycles. The van der Waals surface area contributed by atoms with E-state index in [0.29, 0.717) is 6.42 Å². The Morgan fingerprint density at radius 2 is 1.95 bits per heavy atom. The van der Waals surface area contributed by atoms with E-state index in [1.54, 1.807) is 12.4 Å². The van der Waals surface area contributed by atoms with Crippen LogP contribution in [0.15, 0.2) is 48.8 Å². The Hall–Kier alpha value is -2.16. The molecule has 19 heavy (non-hydrogen) atoms. The minimum Gasteiger partial charge on any atom is -0.325 e. The fourth-order valence-electron chi connectivity index (χ4n) is 1.86. The van der Waals surface area contributed by atoms with Gasteiger partial charge in [-0.15, -0.1) is 0 Å². The van der Waals surface area contributed by atoms with Crippen LogP contribution in [0.5, 0.6) is 0 Å². The van der Waals surface area contributed by atoms with E-state index >= 15 is 0 Å². The van der Waals surface area contributed by atoms with Crippen LogP contribution in [0, 0.1) is 0 Å². The van der Waals surface area contributed by atoms with Crippen molar-refractivity contribution in [1.82, 2.24) is 4.98 Å². The number of anilines is 1. The second-order valence-electron chi connectivity index (χ2n) is 4.48. The van der Waals surface area contributed by atoms with Gasteiger partial charge in [0.05, 0.1) is 11.9 Å². The lowest BCUT2D eigenvalue weighted by molar-refractivity contribution is -0.116. The highest BCUT2D eigenvalue weighted by Crippen LogP contribution is 2.21. The number of benzene rings is 1. The van der Waals surface area contributed by atoms with Crippen LogP contribution >= 0.6 is 0 Å². The van der Waals surface area contributed by atoms with Gasteiger partial charge in [0.15, 0.2) is 0 Å². The number of unbranched alkanes of at least 4 members (excludes halogenated alkanes) is 1. The summed E-state index contributed by atoms with van der Waals surface area (Å²) < 4.78 is 0. The summed E-state index contributed by atoms with van der Waals surface area (Å²) in [6.07, 6.45) is 5.98. The van der Waals surface area contributed by atoms with Gasteiger partial charge in [0.25, 0.3) is 0 Å². The molecular weight excluding hydrogens is 236 g/mol. The maximum atomic E-state index is 11.7. The van der Waals surface area contributed by atoms with Crippen molar-refractivity contribution in [2.24, 2.45) is 0 Å². The van der Waals surface area contributed by atoms with Crippen molar-refractivity contribution in [2.75, 3.05) is 5.32 Å². The van der Waals surface area contributed by atoms with E-state index in [1.807, 2.05) is 36.4 Å². The molecule has 3 nitrogen and oxygen atoms in total. The van der Waals surface area contributed by atoms with Crippen LogP contribution in [-0.2, 0) is 4.79 Å². The molecule has 2 rings (SSSR count). The van der Waals surface area contributed by atoms with Gasteiger partial charge in [0.2, 0.25) is 5.91 Å². The molecule has 1 aromatic heterocycles. The number of nitrogens with zero attached hydrogens (tertiary/aromatic N) is 1. The van der Waals surface area contributed by atoms with Crippen molar-refractivity contribution < 1.29 is 4.79 Å². The van der Waals surface area contributed by atoms with Crippen LogP contribution in [0.4, 0.5) is 5.69 Å². The van der Waals surface area contributed by atoms with Gasteiger partial charge in [-0.25, -0.2) is 0 Å². The highest BCUT2D eigenvalue weighted by molar-refractivity contribution is 5.91. The summed E-state index contributed by atoms with van der Waals surface area (Å²) in [6.45, 7) is 2.07. The number of aromatic nitrogens is 1. The van der Waals surface area contributed by atoms with Crippen LogP contribution in [0.1, 0.15) is 26.2 Å². The van der Waals surface area contributed by atoms with Gasteiger partial charge >= 0.3 is 0 Å².